The van der Waals surface area contributed by atoms with Gasteiger partial charge in [-0.25, -0.2) is 0 Å². The number of benzene rings is 1. The van der Waals surface area contributed by atoms with Gasteiger partial charge in [-0.05, 0) is 24.1 Å². The molecule has 0 aliphatic rings. The molecule has 0 bridgehead atoms. The third-order valence-electron chi connectivity index (χ3n) is 2.18. The lowest BCUT2D eigenvalue weighted by Gasteiger charge is -1.99. The molecule has 0 heterocycles. The van der Waals surface area contributed by atoms with Crippen LogP contribution in [0.25, 0.3) is 6.08 Å². The van der Waals surface area contributed by atoms with Crippen LogP contribution in [0.1, 0.15) is 25.3 Å². The molecule has 0 saturated carbocycles. The number of rotatable bonds is 4. The van der Waals surface area contributed by atoms with Gasteiger partial charge in [-0.2, -0.15) is 5.26 Å². The van der Waals surface area contributed by atoms with Crippen molar-refractivity contribution in [3.8, 4) is 11.8 Å². The van der Waals surface area contributed by atoms with Crippen molar-refractivity contribution in [1.29, 1.82) is 5.26 Å². The molecule has 2 heteroatoms. The van der Waals surface area contributed by atoms with Gasteiger partial charge in [0.2, 0.25) is 0 Å². The van der Waals surface area contributed by atoms with Crippen LogP contribution in [-0.4, -0.2) is 5.11 Å². The van der Waals surface area contributed by atoms with E-state index in [1.807, 2.05) is 24.3 Å². The highest BCUT2D eigenvalue weighted by atomic mass is 16.3. The molecule has 0 aliphatic heterocycles. The molecule has 1 N–H and O–H groups in total. The summed E-state index contributed by atoms with van der Waals surface area (Å²) in [6.45, 7) is 2.07. The second-order valence-corrected chi connectivity index (χ2v) is 3.47. The first-order chi connectivity index (χ1) is 7.26. The van der Waals surface area contributed by atoms with E-state index in [-0.39, 0.29) is 11.7 Å². The number of phenols is 1. The molecule has 0 fully saturated rings. The molecular weight excluding hydrogens is 186 g/mol. The largest absolute Gasteiger partial charge is 0.508 e. The van der Waals surface area contributed by atoms with Gasteiger partial charge in [0.1, 0.15) is 5.75 Å². The number of hydrogen-bond acceptors (Lipinski definition) is 2. The minimum Gasteiger partial charge on any atom is -0.508 e. The third-order valence-corrected chi connectivity index (χ3v) is 2.18. The molecule has 0 spiro atoms. The fourth-order valence-corrected chi connectivity index (χ4v) is 1.33. The lowest BCUT2D eigenvalue weighted by molar-refractivity contribution is 0.475. The van der Waals surface area contributed by atoms with Crippen molar-refractivity contribution in [3.05, 3.63) is 35.9 Å². The van der Waals surface area contributed by atoms with E-state index in [1.54, 1.807) is 12.1 Å². The van der Waals surface area contributed by atoms with E-state index < -0.39 is 0 Å². The molecule has 1 rings (SSSR count). The third kappa shape index (κ3) is 3.86. The Morgan fingerprint density at radius 3 is 2.60 bits per heavy atom. The Morgan fingerprint density at radius 2 is 2.07 bits per heavy atom. The van der Waals surface area contributed by atoms with E-state index in [0.29, 0.717) is 0 Å². The minimum absolute atomic E-state index is 0.0104. The van der Waals surface area contributed by atoms with Crippen molar-refractivity contribution in [2.45, 2.75) is 19.8 Å². The predicted molar refractivity (Wildman–Crippen MR) is 61.2 cm³/mol. The topological polar surface area (TPSA) is 44.0 Å². The zero-order valence-corrected chi connectivity index (χ0v) is 8.85. The highest BCUT2D eigenvalue weighted by molar-refractivity contribution is 5.51. The maximum atomic E-state index is 9.09. The summed E-state index contributed by atoms with van der Waals surface area (Å²) in [5.74, 6) is 0.251. The average molecular weight is 201 g/mol. The van der Waals surface area contributed by atoms with Gasteiger partial charge in [0.15, 0.2) is 0 Å². The van der Waals surface area contributed by atoms with Crippen LogP contribution in [0.15, 0.2) is 30.3 Å². The van der Waals surface area contributed by atoms with E-state index in [1.165, 1.54) is 0 Å². The van der Waals surface area contributed by atoms with E-state index in [4.69, 9.17) is 10.4 Å². The summed E-state index contributed by atoms with van der Waals surface area (Å²) in [6.07, 6.45) is 5.74. The zero-order valence-electron chi connectivity index (χ0n) is 8.85. The predicted octanol–water partition coefficient (Wildman–Crippen LogP) is 3.35. The second kappa shape index (κ2) is 5.87. The van der Waals surface area contributed by atoms with E-state index in [2.05, 4.69) is 13.0 Å². The van der Waals surface area contributed by atoms with Gasteiger partial charge in [0, 0.05) is 0 Å². The highest BCUT2D eigenvalue weighted by Gasteiger charge is 1.99. The molecule has 15 heavy (non-hydrogen) atoms. The second-order valence-electron chi connectivity index (χ2n) is 3.47. The fraction of sp³-hybridized carbons (Fsp3) is 0.308. The minimum atomic E-state index is -0.0104. The van der Waals surface area contributed by atoms with Crippen molar-refractivity contribution < 1.29 is 5.11 Å². The average Bonchev–Trinajstić information content (AvgIpc) is 2.26. The Morgan fingerprint density at radius 1 is 1.40 bits per heavy atom. The fourth-order valence-electron chi connectivity index (χ4n) is 1.33. The molecule has 0 aliphatic carbocycles. The SMILES string of the molecule is CCC[C@@H](C#N)/C=C/c1ccc(O)cc1. The number of nitrogens with zero attached hydrogens (tertiary/aromatic N) is 1. The van der Waals surface area contributed by atoms with Crippen molar-refractivity contribution in [2.75, 3.05) is 0 Å². The lowest BCUT2D eigenvalue weighted by Crippen LogP contribution is -1.90. The molecule has 0 aromatic heterocycles. The maximum absolute atomic E-state index is 9.09. The molecule has 78 valence electrons. The highest BCUT2D eigenvalue weighted by Crippen LogP contribution is 2.13. The van der Waals surface area contributed by atoms with Gasteiger partial charge in [-0.1, -0.05) is 37.6 Å². The molecule has 1 aromatic carbocycles. The van der Waals surface area contributed by atoms with Crippen LogP contribution in [0.3, 0.4) is 0 Å². The molecule has 0 unspecified atom stereocenters. The van der Waals surface area contributed by atoms with Gasteiger partial charge in [-0.3, -0.25) is 0 Å². The Hall–Kier alpha value is -1.75. The van der Waals surface area contributed by atoms with Crippen molar-refractivity contribution in [2.24, 2.45) is 5.92 Å². The monoisotopic (exact) mass is 201 g/mol. The summed E-state index contributed by atoms with van der Waals surface area (Å²) in [4.78, 5) is 0. The van der Waals surface area contributed by atoms with Crippen LogP contribution < -0.4 is 0 Å². The summed E-state index contributed by atoms with van der Waals surface area (Å²) >= 11 is 0. The van der Waals surface area contributed by atoms with Crippen molar-refractivity contribution >= 4 is 6.08 Å². The molecule has 1 atom stereocenters. The van der Waals surface area contributed by atoms with Gasteiger partial charge in [0.25, 0.3) is 0 Å². The van der Waals surface area contributed by atoms with Crippen LogP contribution >= 0.6 is 0 Å². The molecule has 2 nitrogen and oxygen atoms in total. The number of hydrogen-bond donors (Lipinski definition) is 1. The van der Waals surface area contributed by atoms with Crippen LogP contribution in [-0.2, 0) is 0 Å². The number of aromatic hydroxyl groups is 1. The van der Waals surface area contributed by atoms with E-state index in [0.717, 1.165) is 18.4 Å². The quantitative estimate of drug-likeness (QED) is 0.811. The Balaban J connectivity index is 2.64. The van der Waals surface area contributed by atoms with Crippen LogP contribution in [0.4, 0.5) is 0 Å². The van der Waals surface area contributed by atoms with E-state index >= 15 is 0 Å². The molecule has 0 saturated heterocycles. The number of phenolic OH excluding ortho intramolecular Hbond substituents is 1. The van der Waals surface area contributed by atoms with Crippen LogP contribution in [0.5, 0.6) is 5.75 Å². The van der Waals surface area contributed by atoms with Gasteiger partial charge in [-0.15, -0.1) is 0 Å². The first-order valence-electron chi connectivity index (χ1n) is 5.13. The summed E-state index contributed by atoms with van der Waals surface area (Å²) in [7, 11) is 0. The lowest BCUT2D eigenvalue weighted by atomic mass is 10.0. The Bertz CT molecular complexity index is 359. The summed E-state index contributed by atoms with van der Waals surface area (Å²) in [5.41, 5.74) is 1.00. The summed E-state index contributed by atoms with van der Waals surface area (Å²) < 4.78 is 0. The number of nitriles is 1. The van der Waals surface area contributed by atoms with Gasteiger partial charge < -0.3 is 5.11 Å². The standard InChI is InChI=1S/C13H15NO/c1-2-3-12(10-14)5-4-11-6-8-13(15)9-7-11/h4-9,12,15H,2-3H2,1H3/b5-4+/t12-/m1/s1. The van der Waals surface area contributed by atoms with Crippen LogP contribution in [0, 0.1) is 17.2 Å². The molecule has 0 radical (unpaired) electrons. The summed E-state index contributed by atoms with van der Waals surface area (Å²) in [6, 6.07) is 9.18. The molecule has 0 amide bonds. The van der Waals surface area contributed by atoms with Crippen molar-refractivity contribution in [3.63, 3.8) is 0 Å². The van der Waals surface area contributed by atoms with Gasteiger partial charge >= 0.3 is 0 Å². The van der Waals surface area contributed by atoms with Crippen molar-refractivity contribution in [1.82, 2.24) is 0 Å². The van der Waals surface area contributed by atoms with Gasteiger partial charge in [0.05, 0.1) is 12.0 Å². The molecule has 1 aromatic rings. The first-order valence-corrected chi connectivity index (χ1v) is 5.13. The smallest absolute Gasteiger partial charge is 0.115 e. The van der Waals surface area contributed by atoms with E-state index in [9.17, 15) is 0 Å². The number of allylic oxidation sites excluding steroid dienone is 1. The normalized spacial score (nSPS) is 12.5. The maximum Gasteiger partial charge on any atom is 0.115 e. The van der Waals surface area contributed by atoms with Crippen LogP contribution in [0.2, 0.25) is 0 Å². The Kier molecular flexibility index (Phi) is 4.43. The molecular formula is C13H15NO. The Labute approximate surface area is 90.5 Å². The first kappa shape index (κ1) is 11.3. The zero-order chi connectivity index (χ0) is 11.1. The summed E-state index contributed by atoms with van der Waals surface area (Å²) in [5, 5.41) is 17.9.